The highest BCUT2D eigenvalue weighted by atomic mass is 35.5. The fourth-order valence-electron chi connectivity index (χ4n) is 3.69. The highest BCUT2D eigenvalue weighted by Gasteiger charge is 2.22. The Balaban J connectivity index is 1.69. The Morgan fingerprint density at radius 2 is 1.83 bits per heavy atom. The molecule has 4 rings (SSSR count). The summed E-state index contributed by atoms with van der Waals surface area (Å²) in [7, 11) is 0. The number of aromatic nitrogens is 4. The maximum absolute atomic E-state index is 12.9. The van der Waals surface area contributed by atoms with Gasteiger partial charge in [0, 0.05) is 17.1 Å². The predicted octanol–water partition coefficient (Wildman–Crippen LogP) is 3.92. The smallest absolute Gasteiger partial charge is 0.330 e. The van der Waals surface area contributed by atoms with Crippen LogP contribution < -0.4 is 21.9 Å². The molecule has 3 N–H and O–H groups in total. The summed E-state index contributed by atoms with van der Waals surface area (Å²) in [5.74, 6) is 1.19. The highest BCUT2D eigenvalue weighted by molar-refractivity contribution is 6.30. The lowest BCUT2D eigenvalue weighted by atomic mass is 10.1. The van der Waals surface area contributed by atoms with Crippen molar-refractivity contribution in [1.82, 2.24) is 19.7 Å². The fraction of sp³-hybridized carbons (Fsp3) is 0.280. The second-order valence-corrected chi connectivity index (χ2v) is 9.12. The second-order valence-electron chi connectivity index (χ2n) is 8.69. The van der Waals surface area contributed by atoms with E-state index in [9.17, 15) is 9.59 Å². The number of hydrogen-bond acceptors (Lipinski definition) is 7. The van der Waals surface area contributed by atoms with Crippen molar-refractivity contribution in [2.24, 2.45) is 5.92 Å². The molecule has 0 aliphatic rings. The van der Waals surface area contributed by atoms with Crippen molar-refractivity contribution in [3.63, 3.8) is 0 Å². The van der Waals surface area contributed by atoms with Gasteiger partial charge < -0.3 is 15.2 Å². The van der Waals surface area contributed by atoms with Crippen molar-refractivity contribution in [2.45, 2.75) is 33.4 Å². The molecule has 0 atom stereocenters. The van der Waals surface area contributed by atoms with E-state index in [1.807, 2.05) is 30.3 Å². The van der Waals surface area contributed by atoms with Crippen molar-refractivity contribution in [1.29, 1.82) is 0 Å². The van der Waals surface area contributed by atoms with E-state index in [4.69, 9.17) is 21.9 Å². The lowest BCUT2D eigenvalue weighted by Gasteiger charge is -2.25. The van der Waals surface area contributed by atoms with Gasteiger partial charge in [-0.05, 0) is 42.2 Å². The van der Waals surface area contributed by atoms with Gasteiger partial charge in [0.2, 0.25) is 11.7 Å². The van der Waals surface area contributed by atoms with E-state index in [1.54, 1.807) is 29.2 Å². The number of nitrogens with two attached hydrogens (primary N) is 1. The summed E-state index contributed by atoms with van der Waals surface area (Å²) in [6.45, 7) is 5.08. The van der Waals surface area contributed by atoms with Crippen LogP contribution >= 0.6 is 11.6 Å². The van der Waals surface area contributed by atoms with Crippen LogP contribution in [0.25, 0.3) is 11.4 Å². The van der Waals surface area contributed by atoms with Gasteiger partial charge in [-0.15, -0.1) is 0 Å². The maximum atomic E-state index is 12.9. The summed E-state index contributed by atoms with van der Waals surface area (Å²) in [6.07, 6.45) is 0.787. The minimum Gasteiger partial charge on any atom is -0.383 e. The van der Waals surface area contributed by atoms with Gasteiger partial charge in [0.15, 0.2) is 0 Å². The first kappa shape index (κ1) is 24.3. The van der Waals surface area contributed by atoms with E-state index in [2.05, 4.69) is 29.0 Å². The van der Waals surface area contributed by atoms with Crippen LogP contribution in [0.5, 0.6) is 0 Å². The van der Waals surface area contributed by atoms with E-state index < -0.39 is 11.2 Å². The molecule has 0 aliphatic heterocycles. The van der Waals surface area contributed by atoms with Gasteiger partial charge in [-0.1, -0.05) is 60.9 Å². The number of rotatable bonds is 9. The number of benzene rings is 2. The average Bonchev–Trinajstić information content (AvgIpc) is 3.29. The lowest BCUT2D eigenvalue weighted by Crippen LogP contribution is -2.39. The zero-order valence-corrected chi connectivity index (χ0v) is 20.3. The second kappa shape index (κ2) is 10.6. The van der Waals surface area contributed by atoms with Gasteiger partial charge in [0.25, 0.3) is 5.56 Å². The molecular weight excluding hydrogens is 468 g/mol. The molecule has 9 nitrogen and oxygen atoms in total. The van der Waals surface area contributed by atoms with E-state index in [1.165, 1.54) is 4.57 Å². The fourth-order valence-corrected chi connectivity index (χ4v) is 3.81. The molecule has 2 aromatic carbocycles. The summed E-state index contributed by atoms with van der Waals surface area (Å²) in [5.41, 5.74) is 7.15. The van der Waals surface area contributed by atoms with Crippen molar-refractivity contribution in [3.8, 4) is 11.4 Å². The Morgan fingerprint density at radius 1 is 1.11 bits per heavy atom. The van der Waals surface area contributed by atoms with Crippen LogP contribution in [0.2, 0.25) is 5.02 Å². The van der Waals surface area contributed by atoms with Crippen molar-refractivity contribution in [2.75, 3.05) is 17.2 Å². The summed E-state index contributed by atoms with van der Waals surface area (Å²) in [6, 6.07) is 16.5. The monoisotopic (exact) mass is 494 g/mol. The Bertz CT molecular complexity index is 1390. The molecule has 0 spiro atoms. The molecule has 0 fully saturated rings. The molecule has 0 amide bonds. The summed E-state index contributed by atoms with van der Waals surface area (Å²) >= 11 is 5.97. The molecule has 35 heavy (non-hydrogen) atoms. The molecule has 0 saturated heterocycles. The standard InChI is InChI=1S/C25H27ClN6O3/c1-16(2)12-13-31(15-20-28-23(30-35-20)18-8-10-19(26)11-9-18)21-22(27)32(25(34)29-24(21)33)14-17-6-4-3-5-7-17/h3-11,16H,12-15,27H2,1-2H3,(H,29,33,34). The first-order valence-corrected chi connectivity index (χ1v) is 11.7. The van der Waals surface area contributed by atoms with Crippen molar-refractivity contribution >= 4 is 23.1 Å². The van der Waals surface area contributed by atoms with Gasteiger partial charge in [-0.25, -0.2) is 4.79 Å². The Hall–Kier alpha value is -3.85. The van der Waals surface area contributed by atoms with Crippen molar-refractivity contribution in [3.05, 3.63) is 91.9 Å². The zero-order chi connectivity index (χ0) is 24.9. The van der Waals surface area contributed by atoms with Gasteiger partial charge in [-0.3, -0.25) is 14.3 Å². The molecule has 0 bridgehead atoms. The molecule has 182 valence electrons. The quantitative estimate of drug-likeness (QED) is 0.361. The van der Waals surface area contributed by atoms with Crippen LogP contribution in [0.4, 0.5) is 11.5 Å². The van der Waals surface area contributed by atoms with Crippen LogP contribution in [0.3, 0.4) is 0 Å². The molecule has 0 saturated carbocycles. The average molecular weight is 495 g/mol. The van der Waals surface area contributed by atoms with Crippen LogP contribution in [-0.4, -0.2) is 26.2 Å². The first-order chi connectivity index (χ1) is 16.8. The number of hydrogen-bond donors (Lipinski definition) is 2. The molecule has 2 aromatic heterocycles. The van der Waals surface area contributed by atoms with Crippen LogP contribution in [0.15, 0.2) is 68.7 Å². The minimum atomic E-state index is -0.563. The Kier molecular flexibility index (Phi) is 7.36. The Morgan fingerprint density at radius 3 is 2.51 bits per heavy atom. The number of halogens is 1. The van der Waals surface area contributed by atoms with E-state index in [0.29, 0.717) is 29.2 Å². The lowest BCUT2D eigenvalue weighted by molar-refractivity contribution is 0.375. The number of anilines is 2. The predicted molar refractivity (Wildman–Crippen MR) is 137 cm³/mol. The summed E-state index contributed by atoms with van der Waals surface area (Å²) in [4.78, 5) is 34.2. The van der Waals surface area contributed by atoms with Crippen molar-refractivity contribution < 1.29 is 4.52 Å². The number of H-pyrrole nitrogens is 1. The molecule has 0 unspecified atom stereocenters. The third-order valence-electron chi connectivity index (χ3n) is 5.59. The van der Waals surface area contributed by atoms with E-state index >= 15 is 0 Å². The van der Waals surface area contributed by atoms with Crippen LogP contribution in [0, 0.1) is 5.92 Å². The third kappa shape index (κ3) is 5.81. The van der Waals surface area contributed by atoms with Crippen LogP contribution in [0.1, 0.15) is 31.7 Å². The highest BCUT2D eigenvalue weighted by Crippen LogP contribution is 2.23. The SMILES string of the molecule is CC(C)CCN(Cc1nc(-c2ccc(Cl)cc2)no1)c1c(N)n(Cc2ccccc2)c(=O)[nH]c1=O. The third-order valence-corrected chi connectivity index (χ3v) is 5.84. The minimum absolute atomic E-state index is 0.0869. The topological polar surface area (TPSA) is 123 Å². The van der Waals surface area contributed by atoms with Crippen LogP contribution in [-0.2, 0) is 13.1 Å². The van der Waals surface area contributed by atoms with Gasteiger partial charge in [-0.2, -0.15) is 4.98 Å². The molecule has 10 heteroatoms. The largest absolute Gasteiger partial charge is 0.383 e. The summed E-state index contributed by atoms with van der Waals surface area (Å²) < 4.78 is 6.84. The van der Waals surface area contributed by atoms with E-state index in [0.717, 1.165) is 17.5 Å². The van der Waals surface area contributed by atoms with Gasteiger partial charge >= 0.3 is 5.69 Å². The molecule has 0 radical (unpaired) electrons. The number of aromatic amines is 1. The normalized spacial score (nSPS) is 11.2. The van der Waals surface area contributed by atoms with Gasteiger partial charge in [0.05, 0.1) is 13.1 Å². The zero-order valence-electron chi connectivity index (χ0n) is 19.6. The molecule has 4 aromatic rings. The number of nitrogens with zero attached hydrogens (tertiary/aromatic N) is 4. The van der Waals surface area contributed by atoms with E-state index in [-0.39, 0.29) is 24.6 Å². The Labute approximate surface area is 207 Å². The maximum Gasteiger partial charge on any atom is 0.330 e. The number of nitrogens with one attached hydrogen (secondary N) is 1. The van der Waals surface area contributed by atoms with Gasteiger partial charge in [0.1, 0.15) is 11.5 Å². The molecule has 2 heterocycles. The number of nitrogen functional groups attached to an aromatic ring is 1. The summed E-state index contributed by atoms with van der Waals surface area (Å²) in [5, 5.41) is 4.67. The first-order valence-electron chi connectivity index (χ1n) is 11.3. The molecular formula is C25H27ClN6O3. The molecule has 0 aliphatic carbocycles.